The molecule has 0 amide bonds. The molecule has 5 nitrogen and oxygen atoms in total. The van der Waals surface area contributed by atoms with Gasteiger partial charge < -0.3 is 19.7 Å². The van der Waals surface area contributed by atoms with Crippen molar-refractivity contribution in [2.45, 2.75) is 13.0 Å². The van der Waals surface area contributed by atoms with E-state index in [0.29, 0.717) is 0 Å². The van der Waals surface area contributed by atoms with Gasteiger partial charge in [-0.25, -0.2) is 4.98 Å². The van der Waals surface area contributed by atoms with Crippen molar-refractivity contribution in [2.24, 2.45) is 0 Å². The molecule has 0 aliphatic carbocycles. The molecule has 0 fully saturated rings. The highest BCUT2D eigenvalue weighted by molar-refractivity contribution is 5.95. The normalized spacial score (nSPS) is 12.2. The molecule has 0 spiro atoms. The van der Waals surface area contributed by atoms with Gasteiger partial charge in [-0.05, 0) is 50.8 Å². The predicted molar refractivity (Wildman–Crippen MR) is 111 cm³/mol. The molecule has 0 aliphatic heterocycles. The number of methoxy groups -OCH3 is 2. The van der Waals surface area contributed by atoms with Crippen LogP contribution in [0.3, 0.4) is 0 Å². The zero-order chi connectivity index (χ0) is 19.4. The monoisotopic (exact) mass is 365 g/mol. The smallest absolute Gasteiger partial charge is 0.145 e. The van der Waals surface area contributed by atoms with Gasteiger partial charge in [0, 0.05) is 23.3 Å². The maximum Gasteiger partial charge on any atom is 0.145 e. The fourth-order valence-corrected chi connectivity index (χ4v) is 3.29. The minimum absolute atomic E-state index is 0.227. The molecule has 0 saturated carbocycles. The largest absolute Gasteiger partial charge is 0.497 e. The fourth-order valence-electron chi connectivity index (χ4n) is 3.29. The van der Waals surface area contributed by atoms with Gasteiger partial charge in [-0.3, -0.25) is 0 Å². The zero-order valence-corrected chi connectivity index (χ0v) is 16.6. The second-order valence-corrected chi connectivity index (χ2v) is 6.80. The Balaban J connectivity index is 1.89. The number of benzene rings is 2. The van der Waals surface area contributed by atoms with E-state index in [1.807, 2.05) is 31.2 Å². The molecular formula is C22H27N3O2. The van der Waals surface area contributed by atoms with Crippen LogP contribution in [0, 0.1) is 6.92 Å². The van der Waals surface area contributed by atoms with Crippen molar-refractivity contribution >= 4 is 16.6 Å². The van der Waals surface area contributed by atoms with Gasteiger partial charge in [0.25, 0.3) is 0 Å². The summed E-state index contributed by atoms with van der Waals surface area (Å²) in [5.74, 6) is 1.66. The van der Waals surface area contributed by atoms with Crippen LogP contribution < -0.4 is 14.8 Å². The molecule has 3 aromatic rings. The van der Waals surface area contributed by atoms with E-state index in [1.165, 1.54) is 5.56 Å². The van der Waals surface area contributed by atoms with Crippen LogP contribution in [-0.4, -0.2) is 44.7 Å². The van der Waals surface area contributed by atoms with Crippen LogP contribution in [0.15, 0.2) is 48.5 Å². The van der Waals surface area contributed by atoms with Gasteiger partial charge in [0.15, 0.2) is 0 Å². The van der Waals surface area contributed by atoms with E-state index in [2.05, 4.69) is 53.6 Å². The maximum atomic E-state index is 5.48. The number of pyridine rings is 1. The number of nitrogens with zero attached hydrogens (tertiary/aromatic N) is 2. The van der Waals surface area contributed by atoms with E-state index in [0.717, 1.165) is 40.3 Å². The third-order valence-electron chi connectivity index (χ3n) is 4.76. The van der Waals surface area contributed by atoms with Crippen molar-refractivity contribution in [3.63, 3.8) is 0 Å². The van der Waals surface area contributed by atoms with Crippen molar-refractivity contribution in [2.75, 3.05) is 40.2 Å². The first-order chi connectivity index (χ1) is 13.0. The molecule has 0 radical (unpaired) electrons. The number of ether oxygens (including phenoxy) is 2. The van der Waals surface area contributed by atoms with E-state index >= 15 is 0 Å². The molecule has 0 bridgehead atoms. The molecule has 1 atom stereocenters. The van der Waals surface area contributed by atoms with Crippen molar-refractivity contribution in [3.05, 3.63) is 59.8 Å². The lowest BCUT2D eigenvalue weighted by Gasteiger charge is -2.26. The van der Waals surface area contributed by atoms with Gasteiger partial charge in [0.2, 0.25) is 0 Å². The predicted octanol–water partition coefficient (Wildman–Crippen LogP) is 4.28. The second kappa shape index (κ2) is 8.27. The fraction of sp³-hybridized carbons (Fsp3) is 0.318. The lowest BCUT2D eigenvalue weighted by molar-refractivity contribution is 0.311. The van der Waals surface area contributed by atoms with Crippen LogP contribution in [-0.2, 0) is 0 Å². The van der Waals surface area contributed by atoms with E-state index in [1.54, 1.807) is 14.2 Å². The number of aromatic nitrogens is 1. The summed E-state index contributed by atoms with van der Waals surface area (Å²) in [6.45, 7) is 2.78. The van der Waals surface area contributed by atoms with Gasteiger partial charge in [0.05, 0.1) is 20.3 Å². The number of anilines is 1. The number of hydrogen-bond acceptors (Lipinski definition) is 5. The summed E-state index contributed by atoms with van der Waals surface area (Å²) in [5.41, 5.74) is 4.14. The van der Waals surface area contributed by atoms with Crippen molar-refractivity contribution in [1.29, 1.82) is 0 Å². The molecule has 5 heteroatoms. The SMILES string of the molecule is COc1ccc(C(CNc2cc(C)nc3c(OC)cccc23)N(C)C)cc1. The molecule has 3 rings (SSSR count). The van der Waals surface area contributed by atoms with Crippen LogP contribution in [0.25, 0.3) is 10.9 Å². The Morgan fingerprint density at radius 1 is 1.04 bits per heavy atom. The Morgan fingerprint density at radius 2 is 1.78 bits per heavy atom. The number of aryl methyl sites for hydroxylation is 1. The Morgan fingerprint density at radius 3 is 2.41 bits per heavy atom. The van der Waals surface area contributed by atoms with Crippen molar-refractivity contribution in [1.82, 2.24) is 9.88 Å². The Bertz CT molecular complexity index is 907. The zero-order valence-electron chi connectivity index (χ0n) is 16.6. The Kier molecular flexibility index (Phi) is 5.81. The minimum atomic E-state index is 0.227. The summed E-state index contributed by atoms with van der Waals surface area (Å²) in [6.07, 6.45) is 0. The summed E-state index contributed by atoms with van der Waals surface area (Å²) in [6, 6.07) is 16.6. The summed E-state index contributed by atoms with van der Waals surface area (Å²) < 4.78 is 10.8. The quantitative estimate of drug-likeness (QED) is 0.677. The summed E-state index contributed by atoms with van der Waals surface area (Å²) in [4.78, 5) is 6.87. The molecule has 27 heavy (non-hydrogen) atoms. The number of rotatable bonds is 7. The average Bonchev–Trinajstić information content (AvgIpc) is 2.67. The van der Waals surface area contributed by atoms with Gasteiger partial charge in [-0.2, -0.15) is 0 Å². The summed E-state index contributed by atoms with van der Waals surface area (Å²) >= 11 is 0. The molecule has 0 saturated heterocycles. The number of nitrogens with one attached hydrogen (secondary N) is 1. The molecule has 1 unspecified atom stereocenters. The summed E-state index contributed by atoms with van der Waals surface area (Å²) in [7, 11) is 7.55. The van der Waals surface area contributed by atoms with Crippen LogP contribution >= 0.6 is 0 Å². The number of hydrogen-bond donors (Lipinski definition) is 1. The van der Waals surface area contributed by atoms with E-state index in [-0.39, 0.29) is 6.04 Å². The van der Waals surface area contributed by atoms with Crippen LogP contribution in [0.5, 0.6) is 11.5 Å². The average molecular weight is 365 g/mol. The first-order valence-electron chi connectivity index (χ1n) is 9.02. The van der Waals surface area contributed by atoms with Crippen molar-refractivity contribution < 1.29 is 9.47 Å². The first kappa shape index (κ1) is 19.0. The number of fused-ring (bicyclic) bond motifs is 1. The van der Waals surface area contributed by atoms with Gasteiger partial charge in [-0.1, -0.05) is 24.3 Å². The lowest BCUT2D eigenvalue weighted by atomic mass is 10.1. The topological polar surface area (TPSA) is 46.6 Å². The number of likely N-dealkylation sites (N-methyl/N-ethyl adjacent to an activating group) is 1. The lowest BCUT2D eigenvalue weighted by Crippen LogP contribution is -2.27. The third kappa shape index (κ3) is 4.14. The van der Waals surface area contributed by atoms with Crippen LogP contribution in [0.2, 0.25) is 0 Å². The van der Waals surface area contributed by atoms with E-state index in [4.69, 9.17) is 9.47 Å². The highest BCUT2D eigenvalue weighted by atomic mass is 16.5. The number of para-hydroxylation sites is 1. The van der Waals surface area contributed by atoms with Crippen LogP contribution in [0.1, 0.15) is 17.3 Å². The highest BCUT2D eigenvalue weighted by Crippen LogP contribution is 2.31. The second-order valence-electron chi connectivity index (χ2n) is 6.80. The standard InChI is InChI=1S/C22H27N3O2/c1-15-13-19(18-7-6-8-21(27-5)22(18)24-15)23-14-20(25(2)3)16-9-11-17(26-4)12-10-16/h6-13,20H,14H2,1-5H3,(H,23,24). The van der Waals surface area contributed by atoms with E-state index < -0.39 is 0 Å². The molecular weight excluding hydrogens is 338 g/mol. The van der Waals surface area contributed by atoms with Gasteiger partial charge >= 0.3 is 0 Å². The van der Waals surface area contributed by atoms with Crippen LogP contribution in [0.4, 0.5) is 5.69 Å². The molecule has 1 N–H and O–H groups in total. The molecule has 1 aromatic heterocycles. The third-order valence-corrected chi connectivity index (χ3v) is 4.76. The molecule has 2 aromatic carbocycles. The molecule has 1 heterocycles. The van der Waals surface area contributed by atoms with Crippen molar-refractivity contribution in [3.8, 4) is 11.5 Å². The Hall–Kier alpha value is -2.79. The van der Waals surface area contributed by atoms with E-state index in [9.17, 15) is 0 Å². The van der Waals surface area contributed by atoms with Gasteiger partial charge in [-0.15, -0.1) is 0 Å². The minimum Gasteiger partial charge on any atom is -0.497 e. The van der Waals surface area contributed by atoms with Gasteiger partial charge in [0.1, 0.15) is 17.0 Å². The highest BCUT2D eigenvalue weighted by Gasteiger charge is 2.15. The summed E-state index contributed by atoms with van der Waals surface area (Å²) in [5, 5.41) is 4.68. The molecule has 0 aliphatic rings. The molecule has 142 valence electrons. The first-order valence-corrected chi connectivity index (χ1v) is 9.02. The Labute approximate surface area is 160 Å². The maximum absolute atomic E-state index is 5.48.